The number of hydrogen-bond donors (Lipinski definition) is 2. The van der Waals surface area contributed by atoms with Gasteiger partial charge in [0.15, 0.2) is 0 Å². The van der Waals surface area contributed by atoms with Crippen LogP contribution in [0.4, 0.5) is 15.8 Å². The van der Waals surface area contributed by atoms with Crippen molar-refractivity contribution in [2.45, 2.75) is 6.54 Å². The van der Waals surface area contributed by atoms with Gasteiger partial charge >= 0.3 is 11.8 Å². The molecule has 0 atom stereocenters. The lowest BCUT2D eigenvalue weighted by Gasteiger charge is -2.06. The summed E-state index contributed by atoms with van der Waals surface area (Å²) in [6.07, 6.45) is 1.36. The van der Waals surface area contributed by atoms with Crippen LogP contribution in [0.2, 0.25) is 10.0 Å². The van der Waals surface area contributed by atoms with Crippen LogP contribution >= 0.6 is 23.2 Å². The molecule has 0 aliphatic rings. The summed E-state index contributed by atoms with van der Waals surface area (Å²) in [6, 6.07) is 13.7. The summed E-state index contributed by atoms with van der Waals surface area (Å²) in [6.45, 7) is -0.0178. The fourth-order valence-electron chi connectivity index (χ4n) is 2.31. The van der Waals surface area contributed by atoms with E-state index in [1.165, 1.54) is 36.5 Å². The van der Waals surface area contributed by atoms with Crippen LogP contribution in [-0.2, 0) is 16.1 Å². The van der Waals surface area contributed by atoms with Crippen molar-refractivity contribution in [2.24, 2.45) is 4.99 Å². The molecule has 9 heteroatoms. The number of halogens is 3. The van der Waals surface area contributed by atoms with Gasteiger partial charge in [-0.1, -0.05) is 35.3 Å². The number of anilines is 1. The van der Waals surface area contributed by atoms with Gasteiger partial charge < -0.3 is 15.1 Å². The Kier molecular flexibility index (Phi) is 6.64. The molecule has 1 heterocycles. The van der Waals surface area contributed by atoms with Gasteiger partial charge in [-0.3, -0.25) is 9.59 Å². The molecule has 0 fully saturated rings. The van der Waals surface area contributed by atoms with Crippen molar-refractivity contribution in [3.8, 4) is 0 Å². The number of aliphatic imine (C=N–C) groups is 1. The van der Waals surface area contributed by atoms with Crippen LogP contribution in [0, 0.1) is 5.82 Å². The number of carbonyl (C=O) groups is 2. The molecule has 0 aliphatic heterocycles. The van der Waals surface area contributed by atoms with Gasteiger partial charge in [-0.05, 0) is 42.5 Å². The molecule has 3 aromatic rings. The molecule has 2 amide bonds. The molecular formula is C20H14Cl2FN3O3. The molecule has 148 valence electrons. The van der Waals surface area contributed by atoms with E-state index in [0.717, 1.165) is 0 Å². The summed E-state index contributed by atoms with van der Waals surface area (Å²) in [5.74, 6) is -1.42. The van der Waals surface area contributed by atoms with Crippen molar-refractivity contribution in [3.05, 3.63) is 82.0 Å². The SMILES string of the molecule is O=C(NCc1ccc(C=Nc2ccccc2F)o1)C(=O)Nc1cc(Cl)cc(Cl)c1. The van der Waals surface area contributed by atoms with Crippen LogP contribution < -0.4 is 10.6 Å². The molecule has 0 saturated heterocycles. The van der Waals surface area contributed by atoms with Gasteiger partial charge in [0.05, 0.1) is 18.4 Å². The largest absolute Gasteiger partial charge is 0.458 e. The molecule has 29 heavy (non-hydrogen) atoms. The predicted octanol–water partition coefficient (Wildman–Crippen LogP) is 4.73. The fraction of sp³-hybridized carbons (Fsp3) is 0.0500. The quantitative estimate of drug-likeness (QED) is 0.450. The van der Waals surface area contributed by atoms with Crippen LogP contribution in [0.1, 0.15) is 11.5 Å². The van der Waals surface area contributed by atoms with E-state index in [0.29, 0.717) is 27.3 Å². The molecular weight excluding hydrogens is 420 g/mol. The summed E-state index contributed by atoms with van der Waals surface area (Å²) in [7, 11) is 0. The Morgan fingerprint density at radius 1 is 1.03 bits per heavy atom. The summed E-state index contributed by atoms with van der Waals surface area (Å²) in [5, 5.41) is 5.49. The van der Waals surface area contributed by atoms with Crippen molar-refractivity contribution in [2.75, 3.05) is 5.32 Å². The fourth-order valence-corrected chi connectivity index (χ4v) is 2.84. The smallest absolute Gasteiger partial charge is 0.313 e. The zero-order chi connectivity index (χ0) is 20.8. The molecule has 0 saturated carbocycles. The highest BCUT2D eigenvalue weighted by Crippen LogP contribution is 2.22. The molecule has 2 aromatic carbocycles. The van der Waals surface area contributed by atoms with Gasteiger partial charge in [0, 0.05) is 15.7 Å². The Labute approximate surface area is 175 Å². The minimum atomic E-state index is -0.878. The summed E-state index contributed by atoms with van der Waals surface area (Å²) in [4.78, 5) is 27.9. The first-order chi connectivity index (χ1) is 13.9. The summed E-state index contributed by atoms with van der Waals surface area (Å²) >= 11 is 11.7. The monoisotopic (exact) mass is 433 g/mol. The average molecular weight is 434 g/mol. The Bertz CT molecular complexity index is 1060. The van der Waals surface area contributed by atoms with Crippen molar-refractivity contribution in [1.29, 1.82) is 0 Å². The topological polar surface area (TPSA) is 83.7 Å². The average Bonchev–Trinajstić information content (AvgIpc) is 3.12. The highest BCUT2D eigenvalue weighted by Gasteiger charge is 2.14. The van der Waals surface area contributed by atoms with E-state index in [9.17, 15) is 14.0 Å². The lowest BCUT2D eigenvalue weighted by molar-refractivity contribution is -0.136. The first-order valence-corrected chi connectivity index (χ1v) is 9.09. The molecule has 1 aromatic heterocycles. The van der Waals surface area contributed by atoms with Crippen LogP contribution in [0.15, 0.2) is 64.0 Å². The molecule has 2 N–H and O–H groups in total. The van der Waals surface area contributed by atoms with Gasteiger partial charge in [-0.15, -0.1) is 0 Å². The molecule has 6 nitrogen and oxygen atoms in total. The van der Waals surface area contributed by atoms with E-state index >= 15 is 0 Å². The molecule has 0 aliphatic carbocycles. The highest BCUT2D eigenvalue weighted by molar-refractivity contribution is 6.40. The highest BCUT2D eigenvalue weighted by atomic mass is 35.5. The van der Waals surface area contributed by atoms with Crippen LogP contribution in [0.5, 0.6) is 0 Å². The second-order valence-corrected chi connectivity index (χ2v) is 6.68. The van der Waals surface area contributed by atoms with Crippen molar-refractivity contribution < 1.29 is 18.4 Å². The first kappa shape index (κ1) is 20.6. The van der Waals surface area contributed by atoms with E-state index in [-0.39, 0.29) is 12.2 Å². The Morgan fingerprint density at radius 3 is 2.48 bits per heavy atom. The molecule has 0 unspecified atom stereocenters. The predicted molar refractivity (Wildman–Crippen MR) is 109 cm³/mol. The third-order valence-electron chi connectivity index (χ3n) is 3.62. The zero-order valence-corrected chi connectivity index (χ0v) is 16.3. The van der Waals surface area contributed by atoms with Gasteiger partial charge in [0.1, 0.15) is 17.3 Å². The number of benzene rings is 2. The van der Waals surface area contributed by atoms with E-state index in [1.54, 1.807) is 24.3 Å². The first-order valence-electron chi connectivity index (χ1n) is 8.33. The number of hydrogen-bond acceptors (Lipinski definition) is 4. The van der Waals surface area contributed by atoms with Crippen LogP contribution in [0.25, 0.3) is 0 Å². The van der Waals surface area contributed by atoms with Gasteiger partial charge in [0.25, 0.3) is 0 Å². The molecule has 0 radical (unpaired) electrons. The van der Waals surface area contributed by atoms with Gasteiger partial charge in [-0.2, -0.15) is 0 Å². The number of nitrogens with one attached hydrogen (secondary N) is 2. The number of nitrogens with zero attached hydrogens (tertiary/aromatic N) is 1. The third-order valence-corrected chi connectivity index (χ3v) is 4.05. The lowest BCUT2D eigenvalue weighted by Crippen LogP contribution is -2.34. The third kappa shape index (κ3) is 5.91. The van der Waals surface area contributed by atoms with E-state index < -0.39 is 17.6 Å². The number of amides is 2. The number of carbonyl (C=O) groups excluding carboxylic acids is 2. The van der Waals surface area contributed by atoms with E-state index in [2.05, 4.69) is 15.6 Å². The van der Waals surface area contributed by atoms with E-state index in [1.807, 2.05) is 0 Å². The van der Waals surface area contributed by atoms with Crippen LogP contribution in [0.3, 0.4) is 0 Å². The maximum absolute atomic E-state index is 13.5. The molecule has 0 spiro atoms. The summed E-state index contributed by atoms with van der Waals surface area (Å²) in [5.41, 5.74) is 0.476. The van der Waals surface area contributed by atoms with Gasteiger partial charge in [0.2, 0.25) is 0 Å². The maximum Gasteiger partial charge on any atom is 0.313 e. The Hall–Kier alpha value is -3.16. The Balaban J connectivity index is 1.54. The normalized spacial score (nSPS) is 10.9. The maximum atomic E-state index is 13.5. The second-order valence-electron chi connectivity index (χ2n) is 5.81. The lowest BCUT2D eigenvalue weighted by atomic mass is 10.3. The van der Waals surface area contributed by atoms with Gasteiger partial charge in [-0.25, -0.2) is 9.38 Å². The van der Waals surface area contributed by atoms with Crippen LogP contribution in [-0.4, -0.2) is 18.0 Å². The summed E-state index contributed by atoms with van der Waals surface area (Å²) < 4.78 is 19.0. The Morgan fingerprint density at radius 2 is 1.76 bits per heavy atom. The molecule has 0 bridgehead atoms. The minimum Gasteiger partial charge on any atom is -0.458 e. The van der Waals surface area contributed by atoms with E-state index in [4.69, 9.17) is 27.6 Å². The second kappa shape index (κ2) is 9.36. The number of furan rings is 1. The zero-order valence-electron chi connectivity index (χ0n) is 14.8. The van der Waals surface area contributed by atoms with Crippen molar-refractivity contribution in [3.63, 3.8) is 0 Å². The standard InChI is InChI=1S/C20H14Cl2FN3O3/c21-12-7-13(22)9-14(8-12)26-20(28)19(27)25-11-16-6-5-15(29-16)10-24-18-4-2-1-3-17(18)23/h1-10H,11H2,(H,25,27)(H,26,28). The van der Waals surface area contributed by atoms with Crippen molar-refractivity contribution >= 4 is 52.6 Å². The number of rotatable bonds is 5. The number of para-hydroxylation sites is 1. The minimum absolute atomic E-state index is 0.0178. The molecule has 3 rings (SSSR count). The van der Waals surface area contributed by atoms with Crippen molar-refractivity contribution in [1.82, 2.24) is 5.32 Å².